The van der Waals surface area contributed by atoms with Crippen molar-refractivity contribution in [3.8, 4) is 17.2 Å². The molecule has 2 aromatic heterocycles. The Balaban J connectivity index is 0.00000147. The summed E-state index contributed by atoms with van der Waals surface area (Å²) in [5, 5.41) is 1.69. The Morgan fingerprint density at radius 1 is 0.950 bits per heavy atom. The van der Waals surface area contributed by atoms with Crippen molar-refractivity contribution in [2.75, 3.05) is 21.3 Å². The molecule has 0 spiro atoms. The Hall–Kier alpha value is -2.47. The number of ether oxygens (including phenoxy) is 3. The zero-order valence-corrected chi connectivity index (χ0v) is 11.4. The van der Waals surface area contributed by atoms with Crippen LogP contribution in [0.5, 0.6) is 17.2 Å². The minimum Gasteiger partial charge on any atom is -0.495 e. The average Bonchev–Trinajstić information content (AvgIpc) is 2.90. The van der Waals surface area contributed by atoms with Crippen LogP contribution >= 0.6 is 0 Å². The second-order valence-corrected chi connectivity index (χ2v) is 4.01. The first-order chi connectivity index (χ1) is 9.28. The molecule has 20 heavy (non-hydrogen) atoms. The van der Waals surface area contributed by atoms with Crippen LogP contribution in [0, 0.1) is 0 Å². The fourth-order valence-electron chi connectivity index (χ4n) is 2.18. The fraction of sp³-hybridized carbons (Fsp3) is 0.214. The summed E-state index contributed by atoms with van der Waals surface area (Å²) in [5.41, 5.74) is 1.27. The van der Waals surface area contributed by atoms with E-state index >= 15 is 0 Å². The normalized spacial score (nSPS) is 10.3. The molecule has 0 saturated carbocycles. The molecule has 1 aromatic carbocycles. The number of furan rings is 1. The molecule has 0 bridgehead atoms. The summed E-state index contributed by atoms with van der Waals surface area (Å²) >= 11 is 0. The Labute approximate surface area is 115 Å². The number of fused-ring (bicyclic) bond motifs is 2. The first-order valence-electron chi connectivity index (χ1n) is 5.75. The molecule has 0 aliphatic carbocycles. The molecule has 0 fully saturated rings. The highest BCUT2D eigenvalue weighted by molar-refractivity contribution is 6.00. The fourth-order valence-corrected chi connectivity index (χ4v) is 2.18. The lowest BCUT2D eigenvalue weighted by molar-refractivity contribution is 0.355. The molecule has 0 amide bonds. The maximum Gasteiger partial charge on any atom is 0.230 e. The van der Waals surface area contributed by atoms with Gasteiger partial charge in [0, 0.05) is 11.5 Å². The largest absolute Gasteiger partial charge is 0.495 e. The Kier molecular flexibility index (Phi) is 3.67. The predicted octanol–water partition coefficient (Wildman–Crippen LogP) is 2.18. The molecule has 0 aliphatic rings. The van der Waals surface area contributed by atoms with Gasteiger partial charge in [-0.2, -0.15) is 0 Å². The number of benzene rings is 1. The van der Waals surface area contributed by atoms with Crippen molar-refractivity contribution >= 4 is 22.0 Å². The summed E-state index contributed by atoms with van der Waals surface area (Å²) in [6.07, 6.45) is 1.59. The zero-order valence-electron chi connectivity index (χ0n) is 11.4. The molecule has 6 heteroatoms. The third-order valence-corrected chi connectivity index (χ3v) is 3.06. The van der Waals surface area contributed by atoms with Gasteiger partial charge in [0.2, 0.25) is 5.71 Å². The Morgan fingerprint density at radius 3 is 2.30 bits per heavy atom. The van der Waals surface area contributed by atoms with E-state index in [0.717, 1.165) is 22.0 Å². The predicted molar refractivity (Wildman–Crippen MR) is 74.8 cm³/mol. The third-order valence-electron chi connectivity index (χ3n) is 3.06. The van der Waals surface area contributed by atoms with Gasteiger partial charge in [0.15, 0.2) is 11.5 Å². The summed E-state index contributed by atoms with van der Waals surface area (Å²) in [6, 6.07) is 5.49. The van der Waals surface area contributed by atoms with Crippen molar-refractivity contribution in [1.29, 1.82) is 0 Å². The van der Waals surface area contributed by atoms with Gasteiger partial charge < -0.3 is 24.1 Å². The van der Waals surface area contributed by atoms with E-state index in [9.17, 15) is 0 Å². The van der Waals surface area contributed by atoms with Crippen LogP contribution < -0.4 is 14.2 Å². The highest BCUT2D eigenvalue weighted by atomic mass is 16.5. The van der Waals surface area contributed by atoms with E-state index in [-0.39, 0.29) is 5.48 Å². The summed E-state index contributed by atoms with van der Waals surface area (Å²) in [5.74, 6) is 1.98. The molecule has 0 aliphatic heterocycles. The van der Waals surface area contributed by atoms with Gasteiger partial charge in [-0.1, -0.05) is 0 Å². The molecule has 3 rings (SSSR count). The van der Waals surface area contributed by atoms with Gasteiger partial charge in [0.25, 0.3) is 0 Å². The van der Waals surface area contributed by atoms with Gasteiger partial charge in [-0.3, -0.25) is 0 Å². The molecule has 2 N–H and O–H groups in total. The highest BCUT2D eigenvalue weighted by Crippen LogP contribution is 2.39. The van der Waals surface area contributed by atoms with E-state index in [1.165, 1.54) is 0 Å². The zero-order chi connectivity index (χ0) is 13.4. The van der Waals surface area contributed by atoms with Crippen LogP contribution in [0.15, 0.2) is 28.9 Å². The minimum atomic E-state index is 0. The smallest absolute Gasteiger partial charge is 0.230 e. The van der Waals surface area contributed by atoms with Crippen LogP contribution in [0.4, 0.5) is 0 Å². The first-order valence-corrected chi connectivity index (χ1v) is 5.75. The number of pyridine rings is 1. The van der Waals surface area contributed by atoms with Crippen molar-refractivity contribution in [3.63, 3.8) is 0 Å². The maximum absolute atomic E-state index is 5.48. The minimum absolute atomic E-state index is 0. The summed E-state index contributed by atoms with van der Waals surface area (Å²) in [4.78, 5) is 4.45. The lowest BCUT2D eigenvalue weighted by Gasteiger charge is -2.11. The number of hydrogen-bond donors (Lipinski definition) is 0. The Morgan fingerprint density at radius 2 is 1.65 bits per heavy atom. The molecule has 106 valence electrons. The maximum atomic E-state index is 5.48. The molecule has 2 heterocycles. The van der Waals surface area contributed by atoms with Crippen LogP contribution in [0.25, 0.3) is 22.0 Å². The SMILES string of the molecule is COc1cc2nc3occc3c(OC)c2cc1OC.O. The van der Waals surface area contributed by atoms with Crippen LogP contribution in [-0.2, 0) is 0 Å². The second kappa shape index (κ2) is 5.26. The van der Waals surface area contributed by atoms with Crippen molar-refractivity contribution in [2.45, 2.75) is 0 Å². The molecular weight excluding hydrogens is 262 g/mol. The van der Waals surface area contributed by atoms with E-state index in [0.29, 0.717) is 17.2 Å². The molecule has 6 nitrogen and oxygen atoms in total. The van der Waals surface area contributed by atoms with Gasteiger partial charge in [-0.15, -0.1) is 0 Å². The summed E-state index contributed by atoms with van der Waals surface area (Å²) in [6.45, 7) is 0. The number of methoxy groups -OCH3 is 3. The average molecular weight is 277 g/mol. The van der Waals surface area contributed by atoms with Crippen LogP contribution in [-0.4, -0.2) is 31.8 Å². The molecule has 0 unspecified atom stereocenters. The second-order valence-electron chi connectivity index (χ2n) is 4.01. The molecule has 0 radical (unpaired) electrons. The van der Waals surface area contributed by atoms with Crippen LogP contribution in [0.1, 0.15) is 0 Å². The van der Waals surface area contributed by atoms with Gasteiger partial charge in [-0.05, 0) is 12.1 Å². The topological polar surface area (TPSA) is 85.2 Å². The van der Waals surface area contributed by atoms with Crippen LogP contribution in [0.2, 0.25) is 0 Å². The molecule has 3 aromatic rings. The third kappa shape index (κ3) is 1.90. The standard InChI is InChI=1S/C14H13NO4.H2O/c1-16-11-6-9-10(7-12(11)17-2)15-14-8(4-5-19-14)13(9)18-3;/h4-7H,1-3H3;1H2. The lowest BCUT2D eigenvalue weighted by atomic mass is 10.1. The van der Waals surface area contributed by atoms with E-state index < -0.39 is 0 Å². The number of aromatic nitrogens is 1. The van der Waals surface area contributed by atoms with E-state index in [2.05, 4.69) is 4.98 Å². The van der Waals surface area contributed by atoms with E-state index in [4.69, 9.17) is 18.6 Å². The van der Waals surface area contributed by atoms with Crippen molar-refractivity contribution in [1.82, 2.24) is 4.98 Å². The van der Waals surface area contributed by atoms with Crippen molar-refractivity contribution < 1.29 is 24.1 Å². The summed E-state index contributed by atoms with van der Waals surface area (Å²) in [7, 11) is 4.81. The monoisotopic (exact) mass is 277 g/mol. The van der Waals surface area contributed by atoms with Gasteiger partial charge in [-0.25, -0.2) is 4.98 Å². The van der Waals surface area contributed by atoms with Crippen molar-refractivity contribution in [2.24, 2.45) is 0 Å². The number of rotatable bonds is 3. The lowest BCUT2D eigenvalue weighted by Crippen LogP contribution is -1.94. The quantitative estimate of drug-likeness (QED) is 0.732. The van der Waals surface area contributed by atoms with Gasteiger partial charge >= 0.3 is 0 Å². The molecular formula is C14H15NO5. The van der Waals surface area contributed by atoms with Gasteiger partial charge in [0.1, 0.15) is 5.75 Å². The first kappa shape index (κ1) is 14.0. The molecule has 0 atom stereocenters. The number of hydrogen-bond acceptors (Lipinski definition) is 5. The highest BCUT2D eigenvalue weighted by Gasteiger charge is 2.15. The van der Waals surface area contributed by atoms with E-state index in [1.54, 1.807) is 33.7 Å². The Bertz CT molecular complexity index is 750. The molecule has 0 saturated heterocycles. The van der Waals surface area contributed by atoms with Gasteiger partial charge in [0.05, 0.1) is 38.5 Å². The number of nitrogens with zero attached hydrogens (tertiary/aromatic N) is 1. The summed E-state index contributed by atoms with van der Waals surface area (Å²) < 4.78 is 21.4. The van der Waals surface area contributed by atoms with Crippen molar-refractivity contribution in [3.05, 3.63) is 24.5 Å². The van der Waals surface area contributed by atoms with Crippen LogP contribution in [0.3, 0.4) is 0 Å². The van der Waals surface area contributed by atoms with E-state index in [1.807, 2.05) is 12.1 Å².